The number of hydrogen-bond acceptors (Lipinski definition) is 5. The van der Waals surface area contributed by atoms with Crippen molar-refractivity contribution in [3.8, 4) is 0 Å². The average Bonchev–Trinajstić information content (AvgIpc) is 2.41. The molecule has 8 heteroatoms. The zero-order valence-corrected chi connectivity index (χ0v) is 11.9. The van der Waals surface area contributed by atoms with Crippen LogP contribution >= 0.6 is 17.0 Å². The Kier molecular flexibility index (Phi) is 5.27. The predicted molar refractivity (Wildman–Crippen MR) is 75.8 cm³/mol. The predicted octanol–water partition coefficient (Wildman–Crippen LogP) is 1.73. The number of carbonyl (C=O) groups excluding carboxylic acids is 1. The van der Waals surface area contributed by atoms with Crippen LogP contribution in [0.4, 0.5) is 5.69 Å². The van der Waals surface area contributed by atoms with Crippen LogP contribution in [0.1, 0.15) is 10.4 Å². The SMILES string of the molecule is Br.N=c1ncccn1CC(=O)c1cccc([N+](=O)[O-])c1. The quantitative estimate of drug-likeness (QED) is 0.521. The van der Waals surface area contributed by atoms with Gasteiger partial charge in [0.25, 0.3) is 5.69 Å². The molecule has 2 aromatic rings. The first-order chi connectivity index (χ1) is 9.08. The number of non-ortho nitro benzene ring substituents is 1. The number of nitrogens with one attached hydrogen (secondary N) is 1. The van der Waals surface area contributed by atoms with Gasteiger partial charge in [-0.05, 0) is 6.07 Å². The van der Waals surface area contributed by atoms with Crippen LogP contribution in [0, 0.1) is 15.5 Å². The second-order valence-corrected chi connectivity index (χ2v) is 3.80. The number of carbonyl (C=O) groups is 1. The van der Waals surface area contributed by atoms with Crippen molar-refractivity contribution in [3.05, 3.63) is 64.0 Å². The summed E-state index contributed by atoms with van der Waals surface area (Å²) < 4.78 is 1.36. The third-order valence-corrected chi connectivity index (χ3v) is 2.51. The van der Waals surface area contributed by atoms with Gasteiger partial charge in [0, 0.05) is 30.1 Å². The first-order valence-electron chi connectivity index (χ1n) is 5.41. The summed E-state index contributed by atoms with van der Waals surface area (Å²) in [5.74, 6) is -0.310. The number of benzene rings is 1. The van der Waals surface area contributed by atoms with Crippen LogP contribution in [-0.2, 0) is 6.54 Å². The largest absolute Gasteiger partial charge is 0.310 e. The number of nitrogens with zero attached hydrogens (tertiary/aromatic N) is 3. The Morgan fingerprint density at radius 1 is 1.40 bits per heavy atom. The zero-order valence-electron chi connectivity index (χ0n) is 10.2. The van der Waals surface area contributed by atoms with E-state index in [-0.39, 0.29) is 46.2 Å². The normalized spacial score (nSPS) is 9.60. The molecule has 0 aliphatic rings. The van der Waals surface area contributed by atoms with Gasteiger partial charge >= 0.3 is 0 Å². The van der Waals surface area contributed by atoms with Crippen LogP contribution in [0.25, 0.3) is 0 Å². The maximum Gasteiger partial charge on any atom is 0.270 e. The van der Waals surface area contributed by atoms with Crippen LogP contribution in [-0.4, -0.2) is 20.3 Å². The lowest BCUT2D eigenvalue weighted by molar-refractivity contribution is -0.384. The number of nitro benzene ring substituents is 1. The fourth-order valence-electron chi connectivity index (χ4n) is 1.57. The molecule has 1 heterocycles. The van der Waals surface area contributed by atoms with Crippen LogP contribution in [0.5, 0.6) is 0 Å². The molecular weight excluding hydrogens is 328 g/mol. The summed E-state index contributed by atoms with van der Waals surface area (Å²) >= 11 is 0. The smallest absolute Gasteiger partial charge is 0.270 e. The Morgan fingerprint density at radius 2 is 2.15 bits per heavy atom. The molecule has 104 valence electrons. The molecule has 0 radical (unpaired) electrons. The van der Waals surface area contributed by atoms with Gasteiger partial charge in [-0.1, -0.05) is 12.1 Å². The van der Waals surface area contributed by atoms with Gasteiger partial charge in [0.15, 0.2) is 5.78 Å². The van der Waals surface area contributed by atoms with Gasteiger partial charge in [-0.15, -0.1) is 17.0 Å². The highest BCUT2D eigenvalue weighted by atomic mass is 79.9. The van der Waals surface area contributed by atoms with Gasteiger partial charge in [-0.2, -0.15) is 0 Å². The Hall–Kier alpha value is -2.35. The number of aromatic nitrogens is 2. The third-order valence-electron chi connectivity index (χ3n) is 2.51. The van der Waals surface area contributed by atoms with E-state index in [2.05, 4.69) is 4.98 Å². The number of rotatable bonds is 4. The summed E-state index contributed by atoms with van der Waals surface area (Å²) in [4.78, 5) is 25.8. The highest BCUT2D eigenvalue weighted by molar-refractivity contribution is 8.93. The molecule has 7 nitrogen and oxygen atoms in total. The van der Waals surface area contributed by atoms with Gasteiger partial charge in [-0.25, -0.2) is 4.98 Å². The van der Waals surface area contributed by atoms with E-state index < -0.39 is 4.92 Å². The van der Waals surface area contributed by atoms with Gasteiger partial charge in [0.2, 0.25) is 5.62 Å². The molecule has 20 heavy (non-hydrogen) atoms. The summed E-state index contributed by atoms with van der Waals surface area (Å²) in [5.41, 5.74) is 0.0689. The van der Waals surface area contributed by atoms with E-state index in [9.17, 15) is 14.9 Å². The molecule has 0 atom stereocenters. The molecule has 0 fully saturated rings. The molecule has 1 aromatic carbocycles. The molecule has 0 bridgehead atoms. The molecule has 0 amide bonds. The van der Waals surface area contributed by atoms with Crippen molar-refractivity contribution in [1.29, 1.82) is 5.41 Å². The van der Waals surface area contributed by atoms with Crippen LogP contribution in [0.15, 0.2) is 42.7 Å². The lowest BCUT2D eigenvalue weighted by Gasteiger charge is -2.04. The standard InChI is InChI=1S/C12H10N4O3.BrH/c13-12-14-5-2-6-15(12)8-11(17)9-3-1-4-10(7-9)16(18)19;/h1-7,13H,8H2;1H. The van der Waals surface area contributed by atoms with E-state index in [1.807, 2.05) is 0 Å². The fraction of sp³-hybridized carbons (Fsp3) is 0.0833. The summed E-state index contributed by atoms with van der Waals surface area (Å²) in [5, 5.41) is 18.2. The van der Waals surface area contributed by atoms with E-state index in [0.717, 1.165) is 0 Å². The molecule has 0 spiro atoms. The molecule has 0 aliphatic carbocycles. The molecular formula is C12H11BrN4O3. The zero-order chi connectivity index (χ0) is 13.8. The number of nitro groups is 1. The van der Waals surface area contributed by atoms with Crippen molar-refractivity contribution in [2.24, 2.45) is 0 Å². The Labute approximate surface area is 124 Å². The Morgan fingerprint density at radius 3 is 2.80 bits per heavy atom. The van der Waals surface area contributed by atoms with Gasteiger partial charge in [-0.3, -0.25) is 20.3 Å². The van der Waals surface area contributed by atoms with E-state index in [0.29, 0.717) is 0 Å². The van der Waals surface area contributed by atoms with Crippen molar-refractivity contribution < 1.29 is 9.72 Å². The van der Waals surface area contributed by atoms with Crippen molar-refractivity contribution in [2.45, 2.75) is 6.54 Å². The first-order valence-corrected chi connectivity index (χ1v) is 5.41. The van der Waals surface area contributed by atoms with E-state index >= 15 is 0 Å². The Bertz CT molecular complexity index is 699. The van der Waals surface area contributed by atoms with Crippen molar-refractivity contribution in [3.63, 3.8) is 0 Å². The molecule has 0 unspecified atom stereocenters. The summed E-state index contributed by atoms with van der Waals surface area (Å²) in [7, 11) is 0. The van der Waals surface area contributed by atoms with Crippen LogP contribution < -0.4 is 5.62 Å². The minimum Gasteiger partial charge on any atom is -0.310 e. The summed E-state index contributed by atoms with van der Waals surface area (Å²) in [6.45, 7) is -0.0756. The third kappa shape index (κ3) is 3.58. The maximum atomic E-state index is 12.0. The molecule has 1 N–H and O–H groups in total. The van der Waals surface area contributed by atoms with Gasteiger partial charge in [0.1, 0.15) is 0 Å². The van der Waals surface area contributed by atoms with Crippen LogP contribution in [0.2, 0.25) is 0 Å². The van der Waals surface area contributed by atoms with E-state index in [1.165, 1.54) is 35.0 Å². The van der Waals surface area contributed by atoms with E-state index in [1.54, 1.807) is 12.3 Å². The molecule has 0 aliphatic heterocycles. The lowest BCUT2D eigenvalue weighted by Crippen LogP contribution is -2.25. The fourth-order valence-corrected chi connectivity index (χ4v) is 1.57. The van der Waals surface area contributed by atoms with Gasteiger partial charge in [0.05, 0.1) is 11.5 Å². The van der Waals surface area contributed by atoms with Crippen molar-refractivity contribution in [1.82, 2.24) is 9.55 Å². The first kappa shape index (κ1) is 15.7. The Balaban J connectivity index is 0.00000200. The number of halogens is 1. The van der Waals surface area contributed by atoms with Crippen molar-refractivity contribution >= 4 is 28.5 Å². The minimum atomic E-state index is -0.552. The van der Waals surface area contributed by atoms with Crippen LogP contribution in [0.3, 0.4) is 0 Å². The molecule has 2 rings (SSSR count). The van der Waals surface area contributed by atoms with Crippen molar-refractivity contribution in [2.75, 3.05) is 0 Å². The highest BCUT2D eigenvalue weighted by Crippen LogP contribution is 2.13. The monoisotopic (exact) mass is 338 g/mol. The average molecular weight is 339 g/mol. The summed E-state index contributed by atoms with van der Waals surface area (Å²) in [6, 6.07) is 7.13. The molecule has 0 saturated heterocycles. The maximum absolute atomic E-state index is 12.0. The van der Waals surface area contributed by atoms with Gasteiger partial charge < -0.3 is 4.57 Å². The topological polar surface area (TPSA) is 102 Å². The molecule has 0 saturated carbocycles. The minimum absolute atomic E-state index is 0. The lowest BCUT2D eigenvalue weighted by atomic mass is 10.1. The summed E-state index contributed by atoms with van der Waals surface area (Å²) in [6.07, 6.45) is 3.02. The number of ketones is 1. The second kappa shape index (κ2) is 6.71. The highest BCUT2D eigenvalue weighted by Gasteiger charge is 2.12. The number of hydrogen-bond donors (Lipinski definition) is 1. The second-order valence-electron chi connectivity index (χ2n) is 3.80. The van der Waals surface area contributed by atoms with E-state index in [4.69, 9.17) is 5.41 Å². The number of Topliss-reactive ketones (excluding diaryl/α,β-unsaturated/α-hetero) is 1. The molecule has 1 aromatic heterocycles.